The first kappa shape index (κ1) is 81.4. The quantitative estimate of drug-likeness (QED) is 0.0616. The number of alkyl halides is 6. The van der Waals surface area contributed by atoms with E-state index in [4.69, 9.17) is 28.4 Å². The van der Waals surface area contributed by atoms with Gasteiger partial charge in [0, 0.05) is 76.8 Å². The Balaban J connectivity index is 0.000000147. The van der Waals surface area contributed by atoms with Gasteiger partial charge in [0.2, 0.25) is 0 Å². The monoisotopic (exact) mass is 1600 g/mol. The summed E-state index contributed by atoms with van der Waals surface area (Å²) in [6.45, 7) is 3.46. The Morgan fingerprint density at radius 2 is 0.562 bits per heavy atom. The third kappa shape index (κ3) is 18.1. The highest BCUT2D eigenvalue weighted by atomic mass is 19.3. The molecule has 112 heavy (non-hydrogen) atoms. The lowest BCUT2D eigenvalue weighted by molar-refractivity contribution is -0.238. The number of hydrogen-bond donors (Lipinski definition) is 0. The molecule has 4 saturated carbocycles. The van der Waals surface area contributed by atoms with E-state index >= 15 is 0 Å². The van der Waals surface area contributed by atoms with Crippen molar-refractivity contribution in [3.05, 3.63) is 242 Å². The molecule has 0 radical (unpaired) electrons. The van der Waals surface area contributed by atoms with Crippen molar-refractivity contribution in [3.8, 4) is 39.5 Å². The summed E-state index contributed by atoms with van der Waals surface area (Å²) in [5, 5.41) is 0. The summed E-state index contributed by atoms with van der Waals surface area (Å²) in [5.74, 6) is -28.1. The van der Waals surface area contributed by atoms with Crippen LogP contribution in [0.15, 0.2) is 115 Å². The molecule has 0 spiro atoms. The van der Waals surface area contributed by atoms with E-state index in [1.54, 1.807) is 24.3 Å². The standard InChI is InChI=1S/C27H20F8O3.C27H27F7O3.C27H21F7O3/c28-19-6-14(26-36-11-16(12-37-26)13-2-1-3-13)4-5-18(19)15-7-20(29)24(21(30)8-15)27(34,35)38-17-9-22(31)25(33)23(32)10-17;2*28-20-8-17(9-21(29)24(20)27(33,34)37-19-10-22(30)25(32)23(31)11-19)15-4-6-16(7-5-15)26-35-12-18(13-36-26)14-2-1-3-14/h4-10,13,16,26H,1-3,11-12H2;8-11,14-16,18,26H,1-7,12-13H2;4-11,14,18,26H,1-3,12-13H2. The van der Waals surface area contributed by atoms with Gasteiger partial charge in [0.05, 0.1) is 39.6 Å². The second kappa shape index (κ2) is 33.8. The number of benzene rings is 8. The minimum absolute atomic E-state index is 0.0319. The van der Waals surface area contributed by atoms with Crippen LogP contribution in [-0.4, -0.2) is 45.9 Å². The van der Waals surface area contributed by atoms with Gasteiger partial charge in [-0.25, -0.2) is 70.2 Å². The third-order valence-corrected chi connectivity index (χ3v) is 21.6. The van der Waals surface area contributed by atoms with E-state index in [1.165, 1.54) is 57.1 Å². The topological polar surface area (TPSA) is 83.1 Å². The summed E-state index contributed by atoms with van der Waals surface area (Å²) < 4.78 is 357. The van der Waals surface area contributed by atoms with Crippen LogP contribution in [0.3, 0.4) is 0 Å². The molecule has 3 saturated heterocycles. The van der Waals surface area contributed by atoms with Crippen LogP contribution in [0.1, 0.15) is 135 Å². The molecule has 15 rings (SSSR count). The van der Waals surface area contributed by atoms with Gasteiger partial charge in [-0.3, -0.25) is 0 Å². The molecule has 8 aromatic rings. The van der Waals surface area contributed by atoms with Gasteiger partial charge in [-0.2, -0.15) is 26.3 Å². The fourth-order valence-corrected chi connectivity index (χ4v) is 14.7. The first-order chi connectivity index (χ1) is 53.3. The number of rotatable bonds is 18. The Morgan fingerprint density at radius 3 is 0.893 bits per heavy atom. The van der Waals surface area contributed by atoms with Gasteiger partial charge >= 0.3 is 18.3 Å². The summed E-state index contributed by atoms with van der Waals surface area (Å²) in [4.78, 5) is 0. The molecule has 9 nitrogen and oxygen atoms in total. The van der Waals surface area contributed by atoms with E-state index in [0.717, 1.165) is 31.0 Å². The van der Waals surface area contributed by atoms with E-state index in [0.29, 0.717) is 136 Å². The van der Waals surface area contributed by atoms with Crippen LogP contribution < -0.4 is 14.2 Å². The van der Waals surface area contributed by atoms with Crippen molar-refractivity contribution < 1.29 is 139 Å². The molecular weight excluding hydrogens is 1530 g/mol. The first-order valence-electron chi connectivity index (χ1n) is 36.0. The minimum atomic E-state index is -4.75. The van der Waals surface area contributed by atoms with Gasteiger partial charge in [0.15, 0.2) is 71.2 Å². The van der Waals surface area contributed by atoms with Crippen LogP contribution in [-0.2, 0) is 46.7 Å². The highest BCUT2D eigenvalue weighted by Crippen LogP contribution is 2.47. The van der Waals surface area contributed by atoms with E-state index in [1.807, 2.05) is 0 Å². The molecule has 0 aromatic heterocycles. The van der Waals surface area contributed by atoms with E-state index in [-0.39, 0.29) is 77.1 Å². The van der Waals surface area contributed by atoms with E-state index in [9.17, 15) is 96.6 Å². The van der Waals surface area contributed by atoms with Crippen molar-refractivity contribution in [2.75, 3.05) is 39.6 Å². The van der Waals surface area contributed by atoms with Gasteiger partial charge < -0.3 is 42.6 Å². The highest BCUT2D eigenvalue weighted by molar-refractivity contribution is 5.66. The van der Waals surface area contributed by atoms with E-state index in [2.05, 4.69) is 14.2 Å². The zero-order valence-corrected chi connectivity index (χ0v) is 58.7. The van der Waals surface area contributed by atoms with Crippen LogP contribution in [0.5, 0.6) is 17.2 Å². The molecule has 0 N–H and O–H groups in total. The number of hydrogen-bond acceptors (Lipinski definition) is 9. The summed E-state index contributed by atoms with van der Waals surface area (Å²) in [6, 6.07) is 14.9. The van der Waals surface area contributed by atoms with Gasteiger partial charge in [-0.15, -0.1) is 0 Å². The van der Waals surface area contributed by atoms with Crippen molar-refractivity contribution in [2.24, 2.45) is 41.4 Å². The summed E-state index contributed by atoms with van der Waals surface area (Å²) in [7, 11) is 0. The summed E-state index contributed by atoms with van der Waals surface area (Å²) >= 11 is 0. The van der Waals surface area contributed by atoms with Gasteiger partial charge in [0.1, 0.15) is 74.7 Å². The second-order valence-electron chi connectivity index (χ2n) is 28.8. The maximum Gasteiger partial charge on any atom is 0.432 e. The maximum absolute atomic E-state index is 14.9. The van der Waals surface area contributed by atoms with Crippen LogP contribution >= 0.6 is 0 Å². The predicted octanol–water partition coefficient (Wildman–Crippen LogP) is 23.0. The normalized spacial score (nSPS) is 22.6. The fourth-order valence-electron chi connectivity index (χ4n) is 14.7. The molecule has 0 unspecified atom stereocenters. The second-order valence-corrected chi connectivity index (χ2v) is 28.8. The lowest BCUT2D eigenvalue weighted by Gasteiger charge is -2.41. The fraction of sp³-hybridized carbons (Fsp3) is 0.407. The molecule has 0 amide bonds. The molecule has 600 valence electrons. The van der Waals surface area contributed by atoms with Crippen LogP contribution in [0.2, 0.25) is 0 Å². The Kier molecular flexibility index (Phi) is 24.6. The molecule has 7 aliphatic rings. The Morgan fingerprint density at radius 1 is 0.259 bits per heavy atom. The minimum Gasteiger partial charge on any atom is -0.429 e. The van der Waals surface area contributed by atoms with Crippen LogP contribution in [0.4, 0.5) is 96.6 Å². The average molecular weight is 1600 g/mol. The van der Waals surface area contributed by atoms with Crippen LogP contribution in [0, 0.1) is 135 Å². The average Bonchev–Trinajstić information content (AvgIpc) is 1.08. The third-order valence-electron chi connectivity index (χ3n) is 21.6. The Bertz CT molecular complexity index is 4540. The zero-order chi connectivity index (χ0) is 79.8. The molecule has 0 bridgehead atoms. The van der Waals surface area contributed by atoms with E-state index < -0.39 is 163 Å². The van der Waals surface area contributed by atoms with Crippen molar-refractivity contribution in [2.45, 2.75) is 127 Å². The van der Waals surface area contributed by atoms with Gasteiger partial charge in [-0.05, 0) is 114 Å². The molecule has 3 aliphatic heterocycles. The predicted molar refractivity (Wildman–Crippen MR) is 355 cm³/mol. The zero-order valence-electron chi connectivity index (χ0n) is 58.7. The maximum atomic E-state index is 14.9. The first-order valence-corrected chi connectivity index (χ1v) is 36.0. The molecule has 8 aromatic carbocycles. The van der Waals surface area contributed by atoms with Gasteiger partial charge in [0.25, 0.3) is 0 Å². The van der Waals surface area contributed by atoms with Gasteiger partial charge in [-0.1, -0.05) is 94.2 Å². The van der Waals surface area contributed by atoms with Crippen LogP contribution in [0.25, 0.3) is 22.3 Å². The molecule has 31 heteroatoms. The highest BCUT2D eigenvalue weighted by Gasteiger charge is 2.46. The molecule has 4 aliphatic carbocycles. The lowest BCUT2D eigenvalue weighted by Crippen LogP contribution is -2.42. The van der Waals surface area contributed by atoms with Crippen molar-refractivity contribution in [3.63, 3.8) is 0 Å². The smallest absolute Gasteiger partial charge is 0.429 e. The molecule has 7 fully saturated rings. The lowest BCUT2D eigenvalue weighted by atomic mass is 9.75. The Hall–Kier alpha value is -8.62. The summed E-state index contributed by atoms with van der Waals surface area (Å²) in [5.41, 5.74) is -4.43. The number of halogens is 22. The SMILES string of the molecule is Fc1cc(C2OCC(C3CCC3)CO2)ccc1-c1cc(F)c(C(F)(F)Oc2cc(F)c(F)c(F)c2)c(F)c1.Fc1cc(OC(F)(F)c2c(F)cc(-c3ccc(C4OCC(C5CCC5)CO4)cc3)cc2F)cc(F)c1F.Fc1cc(OC(F)(F)c2c(F)cc(C3CCC(C4OCC(C5CCC5)CO4)CC3)cc2F)cc(F)c1F. The number of ether oxygens (including phenoxy) is 9. The Labute approximate surface area is 626 Å². The van der Waals surface area contributed by atoms with Crippen molar-refractivity contribution in [1.82, 2.24) is 0 Å². The molecule has 3 heterocycles. The largest absolute Gasteiger partial charge is 0.432 e. The molecule has 0 atom stereocenters. The van der Waals surface area contributed by atoms with Crippen molar-refractivity contribution >= 4 is 0 Å². The molecular formula is C81H68F22O9. The summed E-state index contributed by atoms with van der Waals surface area (Å²) in [6.07, 6.45) is -2.39. The van der Waals surface area contributed by atoms with Crippen molar-refractivity contribution in [1.29, 1.82) is 0 Å².